The molecule has 0 aliphatic heterocycles. The van der Waals surface area contributed by atoms with Crippen LogP contribution in [0.5, 0.6) is 11.5 Å². The first-order chi connectivity index (χ1) is 11.9. The van der Waals surface area contributed by atoms with Crippen LogP contribution in [0.25, 0.3) is 0 Å². The summed E-state index contributed by atoms with van der Waals surface area (Å²) in [5.41, 5.74) is 0.459. The van der Waals surface area contributed by atoms with Gasteiger partial charge in [-0.1, -0.05) is 22.0 Å². The van der Waals surface area contributed by atoms with Crippen molar-refractivity contribution in [3.05, 3.63) is 83.1 Å². The van der Waals surface area contributed by atoms with Gasteiger partial charge in [0.25, 0.3) is 10.0 Å². The summed E-state index contributed by atoms with van der Waals surface area (Å²) >= 11 is 3.30. The lowest BCUT2D eigenvalue weighted by molar-refractivity contribution is 0.480. The van der Waals surface area contributed by atoms with Crippen LogP contribution in [0.2, 0.25) is 0 Å². The first-order valence-corrected chi connectivity index (χ1v) is 9.52. The minimum Gasteiger partial charge on any atom is -0.457 e. The Hall–Kier alpha value is -2.38. The van der Waals surface area contributed by atoms with Crippen LogP contribution in [-0.4, -0.2) is 8.42 Å². The summed E-state index contributed by atoms with van der Waals surface area (Å²) in [4.78, 5) is 0.110. The largest absolute Gasteiger partial charge is 0.457 e. The Morgan fingerprint density at radius 3 is 2.08 bits per heavy atom. The van der Waals surface area contributed by atoms with E-state index >= 15 is 0 Å². The number of nitrogens with one attached hydrogen (secondary N) is 1. The summed E-state index contributed by atoms with van der Waals surface area (Å²) < 4.78 is 46.5. The van der Waals surface area contributed by atoms with Crippen LogP contribution < -0.4 is 9.46 Å². The van der Waals surface area contributed by atoms with E-state index < -0.39 is 10.0 Å². The fourth-order valence-electron chi connectivity index (χ4n) is 2.09. The first kappa shape index (κ1) is 17.4. The Kier molecular flexibility index (Phi) is 5.06. The Balaban J connectivity index is 1.75. The van der Waals surface area contributed by atoms with Gasteiger partial charge in [0, 0.05) is 10.2 Å². The highest BCUT2D eigenvalue weighted by molar-refractivity contribution is 9.10. The Morgan fingerprint density at radius 2 is 1.48 bits per heavy atom. The van der Waals surface area contributed by atoms with Gasteiger partial charge in [-0.2, -0.15) is 0 Å². The summed E-state index contributed by atoms with van der Waals surface area (Å²) in [6.45, 7) is 0. The van der Waals surface area contributed by atoms with E-state index in [1.807, 2.05) is 0 Å². The van der Waals surface area contributed by atoms with E-state index in [9.17, 15) is 12.8 Å². The van der Waals surface area contributed by atoms with Crippen molar-refractivity contribution in [2.75, 3.05) is 4.72 Å². The summed E-state index contributed by atoms with van der Waals surface area (Å²) in [6.07, 6.45) is 0. The number of hydrogen-bond donors (Lipinski definition) is 1. The van der Waals surface area contributed by atoms with Gasteiger partial charge < -0.3 is 4.74 Å². The molecule has 0 radical (unpaired) electrons. The maximum atomic E-state index is 12.9. The van der Waals surface area contributed by atoms with Crippen LogP contribution in [0.15, 0.2) is 82.2 Å². The van der Waals surface area contributed by atoms with Crippen molar-refractivity contribution in [2.24, 2.45) is 0 Å². The number of hydrogen-bond acceptors (Lipinski definition) is 3. The second kappa shape index (κ2) is 7.25. The lowest BCUT2D eigenvalue weighted by Gasteiger charge is -2.10. The van der Waals surface area contributed by atoms with Gasteiger partial charge in [-0.3, -0.25) is 4.72 Å². The van der Waals surface area contributed by atoms with E-state index in [0.717, 1.165) is 4.47 Å². The number of rotatable bonds is 5. The zero-order valence-corrected chi connectivity index (χ0v) is 15.2. The fourth-order valence-corrected chi connectivity index (χ4v) is 3.54. The maximum absolute atomic E-state index is 12.9. The lowest BCUT2D eigenvalue weighted by atomic mass is 10.3. The van der Waals surface area contributed by atoms with E-state index in [2.05, 4.69) is 20.7 Å². The number of anilines is 1. The molecule has 0 aromatic heterocycles. The van der Waals surface area contributed by atoms with Gasteiger partial charge in [0.1, 0.15) is 17.3 Å². The maximum Gasteiger partial charge on any atom is 0.261 e. The van der Waals surface area contributed by atoms with Crippen molar-refractivity contribution < 1.29 is 17.5 Å². The predicted octanol–water partition coefficient (Wildman–Crippen LogP) is 5.18. The molecule has 0 atom stereocenters. The molecule has 0 bridgehead atoms. The average Bonchev–Trinajstić information content (AvgIpc) is 2.57. The molecule has 4 nitrogen and oxygen atoms in total. The molecular weight excluding hydrogens is 409 g/mol. The zero-order chi connectivity index (χ0) is 17.9. The molecule has 0 saturated heterocycles. The fraction of sp³-hybridized carbons (Fsp3) is 0. The van der Waals surface area contributed by atoms with Gasteiger partial charge in [-0.05, 0) is 66.7 Å². The van der Waals surface area contributed by atoms with Crippen molar-refractivity contribution in [1.82, 2.24) is 0 Å². The van der Waals surface area contributed by atoms with E-state index in [0.29, 0.717) is 17.2 Å². The van der Waals surface area contributed by atoms with Crippen molar-refractivity contribution in [2.45, 2.75) is 4.90 Å². The molecule has 3 aromatic rings. The van der Waals surface area contributed by atoms with Gasteiger partial charge in [-0.15, -0.1) is 0 Å². The minimum atomic E-state index is -3.70. The summed E-state index contributed by atoms with van der Waals surface area (Å²) in [7, 11) is -3.70. The summed E-state index contributed by atoms with van der Waals surface area (Å²) in [6, 6.07) is 18.4. The van der Waals surface area contributed by atoms with Crippen LogP contribution >= 0.6 is 15.9 Å². The van der Waals surface area contributed by atoms with Crippen molar-refractivity contribution in [1.29, 1.82) is 0 Å². The smallest absolute Gasteiger partial charge is 0.261 e. The highest BCUT2D eigenvalue weighted by Crippen LogP contribution is 2.24. The number of halogens is 2. The predicted molar refractivity (Wildman–Crippen MR) is 97.9 cm³/mol. The summed E-state index contributed by atoms with van der Waals surface area (Å²) in [5, 5.41) is 0. The highest BCUT2D eigenvalue weighted by Gasteiger charge is 2.14. The molecule has 0 fully saturated rings. The van der Waals surface area contributed by atoms with Crippen LogP contribution in [-0.2, 0) is 10.0 Å². The molecule has 128 valence electrons. The van der Waals surface area contributed by atoms with Gasteiger partial charge in [0.05, 0.1) is 4.90 Å². The molecule has 1 N–H and O–H groups in total. The second-order valence-electron chi connectivity index (χ2n) is 5.14. The third kappa shape index (κ3) is 4.58. The van der Waals surface area contributed by atoms with Crippen molar-refractivity contribution in [3.63, 3.8) is 0 Å². The van der Waals surface area contributed by atoms with Gasteiger partial charge in [0.15, 0.2) is 0 Å². The number of benzene rings is 3. The van der Waals surface area contributed by atoms with E-state index in [1.54, 1.807) is 36.4 Å². The Labute approximate surface area is 153 Å². The standard InChI is InChI=1S/C18H13BrFNO3S/c19-13-2-1-3-15(12-13)21-25(22,23)18-10-8-17(9-11-18)24-16-6-4-14(20)5-7-16/h1-12,21H. The van der Waals surface area contributed by atoms with E-state index in [4.69, 9.17) is 4.74 Å². The van der Waals surface area contributed by atoms with E-state index in [-0.39, 0.29) is 10.7 Å². The monoisotopic (exact) mass is 421 g/mol. The highest BCUT2D eigenvalue weighted by atomic mass is 79.9. The molecule has 0 aliphatic carbocycles. The lowest BCUT2D eigenvalue weighted by Crippen LogP contribution is -2.12. The molecule has 0 saturated carbocycles. The molecule has 7 heteroatoms. The average molecular weight is 422 g/mol. The SMILES string of the molecule is O=S(=O)(Nc1cccc(Br)c1)c1ccc(Oc2ccc(F)cc2)cc1. The second-order valence-corrected chi connectivity index (χ2v) is 7.74. The molecule has 0 unspecified atom stereocenters. The molecular formula is C18H13BrFNO3S. The molecule has 3 aromatic carbocycles. The van der Waals surface area contributed by atoms with Gasteiger partial charge in [-0.25, -0.2) is 12.8 Å². The Morgan fingerprint density at radius 1 is 0.880 bits per heavy atom. The van der Waals surface area contributed by atoms with Crippen LogP contribution in [0.1, 0.15) is 0 Å². The van der Waals surface area contributed by atoms with Gasteiger partial charge >= 0.3 is 0 Å². The molecule has 0 amide bonds. The molecule has 0 aliphatic rings. The topological polar surface area (TPSA) is 55.4 Å². The van der Waals surface area contributed by atoms with Gasteiger partial charge in [0.2, 0.25) is 0 Å². The molecule has 0 heterocycles. The van der Waals surface area contributed by atoms with Crippen LogP contribution in [0.4, 0.5) is 10.1 Å². The van der Waals surface area contributed by atoms with Crippen molar-refractivity contribution >= 4 is 31.6 Å². The quantitative estimate of drug-likeness (QED) is 0.617. The van der Waals surface area contributed by atoms with E-state index in [1.165, 1.54) is 36.4 Å². The summed E-state index contributed by atoms with van der Waals surface area (Å²) in [5.74, 6) is 0.560. The van der Waals surface area contributed by atoms with Crippen molar-refractivity contribution in [3.8, 4) is 11.5 Å². The third-order valence-electron chi connectivity index (χ3n) is 3.26. The number of ether oxygens (including phenoxy) is 1. The minimum absolute atomic E-state index is 0.110. The Bertz CT molecular complexity index is 974. The number of sulfonamides is 1. The first-order valence-electron chi connectivity index (χ1n) is 7.24. The molecule has 25 heavy (non-hydrogen) atoms. The normalized spacial score (nSPS) is 11.1. The van der Waals surface area contributed by atoms with Crippen LogP contribution in [0.3, 0.4) is 0 Å². The zero-order valence-electron chi connectivity index (χ0n) is 12.8. The molecule has 3 rings (SSSR count). The third-order valence-corrected chi connectivity index (χ3v) is 5.15. The molecule has 0 spiro atoms. The van der Waals surface area contributed by atoms with Crippen LogP contribution in [0, 0.1) is 5.82 Å².